The van der Waals surface area contributed by atoms with Crippen molar-refractivity contribution in [2.24, 2.45) is 0 Å². The summed E-state index contributed by atoms with van der Waals surface area (Å²) in [5, 5.41) is 5.38. The van der Waals surface area contributed by atoms with Gasteiger partial charge in [0.15, 0.2) is 5.82 Å². The van der Waals surface area contributed by atoms with Crippen molar-refractivity contribution in [3.05, 3.63) is 66.5 Å². The van der Waals surface area contributed by atoms with Crippen LogP contribution in [0.4, 0.5) is 23.0 Å². The van der Waals surface area contributed by atoms with E-state index in [4.69, 9.17) is 9.57 Å². The Balaban J connectivity index is 0.844. The van der Waals surface area contributed by atoms with Crippen LogP contribution in [0, 0.1) is 0 Å². The van der Waals surface area contributed by atoms with E-state index in [1.807, 2.05) is 17.2 Å². The number of piperidine rings is 2. The third kappa shape index (κ3) is 6.92. The average molecular weight is 639 g/mol. The second-order valence-corrected chi connectivity index (χ2v) is 13.9. The summed E-state index contributed by atoms with van der Waals surface area (Å²) in [5.41, 5.74) is 3.32. The van der Waals surface area contributed by atoms with Crippen LogP contribution in [0.5, 0.6) is 5.75 Å². The second kappa shape index (κ2) is 14.0. The zero-order valence-electron chi connectivity index (χ0n) is 27.8. The van der Waals surface area contributed by atoms with Crippen LogP contribution in [0.1, 0.15) is 56.6 Å². The van der Waals surface area contributed by atoms with E-state index < -0.39 is 0 Å². The number of methoxy groups -OCH3 is 1. The van der Waals surface area contributed by atoms with Crippen LogP contribution in [0.2, 0.25) is 0 Å². The summed E-state index contributed by atoms with van der Waals surface area (Å²) in [5.74, 6) is 2.25. The SMILES string of the molecule is COc1cc(N2CCC(N3CCC(N4CCN(C5CC5)CC4)CC3)CC2)ccc1Nc1cc(N2OCCC2c2ccccc2)ncn1. The highest BCUT2D eigenvalue weighted by molar-refractivity contribution is 5.70. The van der Waals surface area contributed by atoms with E-state index in [1.54, 1.807) is 13.4 Å². The maximum Gasteiger partial charge on any atom is 0.158 e. The zero-order valence-corrected chi connectivity index (χ0v) is 27.8. The molecule has 4 aliphatic heterocycles. The lowest BCUT2D eigenvalue weighted by Gasteiger charge is -2.46. The number of rotatable bonds is 9. The van der Waals surface area contributed by atoms with E-state index in [2.05, 4.69) is 77.3 Å². The number of hydrogen-bond donors (Lipinski definition) is 1. The van der Waals surface area contributed by atoms with Crippen molar-refractivity contribution < 1.29 is 9.57 Å². The quantitative estimate of drug-likeness (QED) is 0.333. The van der Waals surface area contributed by atoms with Gasteiger partial charge < -0.3 is 19.9 Å². The number of hydroxylamine groups is 1. The van der Waals surface area contributed by atoms with Crippen molar-refractivity contribution in [1.82, 2.24) is 24.7 Å². The Bertz CT molecular complexity index is 1460. The lowest BCUT2D eigenvalue weighted by atomic mass is 9.96. The van der Waals surface area contributed by atoms with Gasteiger partial charge in [0, 0.05) is 81.6 Å². The van der Waals surface area contributed by atoms with Gasteiger partial charge in [-0.2, -0.15) is 0 Å². The Morgan fingerprint density at radius 3 is 2.04 bits per heavy atom. The van der Waals surface area contributed by atoms with Crippen LogP contribution in [-0.4, -0.2) is 109 Å². The first-order valence-corrected chi connectivity index (χ1v) is 17.9. The third-order valence-corrected chi connectivity index (χ3v) is 11.2. The number of benzene rings is 2. The van der Waals surface area contributed by atoms with Gasteiger partial charge in [0.25, 0.3) is 0 Å². The number of piperazine rings is 1. The van der Waals surface area contributed by atoms with Crippen LogP contribution < -0.4 is 20.0 Å². The lowest BCUT2D eigenvalue weighted by Crippen LogP contribution is -2.55. The van der Waals surface area contributed by atoms with Gasteiger partial charge in [0.05, 0.1) is 25.4 Å². The van der Waals surface area contributed by atoms with Gasteiger partial charge in [-0.1, -0.05) is 30.3 Å². The fraction of sp³-hybridized carbons (Fsp3) is 0.568. The maximum atomic E-state index is 6.01. The largest absolute Gasteiger partial charge is 0.494 e. The molecule has 1 atom stereocenters. The van der Waals surface area contributed by atoms with Gasteiger partial charge in [-0.25, -0.2) is 15.0 Å². The molecule has 1 aromatic heterocycles. The molecule has 0 bridgehead atoms. The summed E-state index contributed by atoms with van der Waals surface area (Å²) in [6, 6.07) is 21.4. The molecule has 47 heavy (non-hydrogen) atoms. The van der Waals surface area contributed by atoms with Crippen molar-refractivity contribution in [3.63, 3.8) is 0 Å². The number of nitrogens with one attached hydrogen (secondary N) is 1. The minimum Gasteiger partial charge on any atom is -0.494 e. The van der Waals surface area contributed by atoms with Gasteiger partial charge in [-0.3, -0.25) is 14.6 Å². The summed E-state index contributed by atoms with van der Waals surface area (Å²) in [6.07, 6.45) is 10.5. The van der Waals surface area contributed by atoms with E-state index in [1.165, 1.54) is 89.0 Å². The Morgan fingerprint density at radius 2 is 1.36 bits per heavy atom. The molecule has 1 N–H and O–H groups in total. The predicted molar refractivity (Wildman–Crippen MR) is 187 cm³/mol. The van der Waals surface area contributed by atoms with Gasteiger partial charge in [0.2, 0.25) is 0 Å². The van der Waals surface area contributed by atoms with E-state index in [-0.39, 0.29) is 6.04 Å². The van der Waals surface area contributed by atoms with E-state index in [9.17, 15) is 0 Å². The molecule has 1 saturated carbocycles. The summed E-state index contributed by atoms with van der Waals surface area (Å²) in [6.45, 7) is 10.5. The number of aromatic nitrogens is 2. The average Bonchev–Trinajstić information content (AvgIpc) is 3.88. The van der Waals surface area contributed by atoms with Crippen molar-refractivity contribution in [1.29, 1.82) is 0 Å². The minimum absolute atomic E-state index is 0.126. The normalized spacial score (nSPS) is 24.1. The molecule has 10 nitrogen and oxygen atoms in total. The van der Waals surface area contributed by atoms with Gasteiger partial charge in [-0.15, -0.1) is 0 Å². The monoisotopic (exact) mass is 638 g/mol. The highest BCUT2D eigenvalue weighted by Gasteiger charge is 2.35. The van der Waals surface area contributed by atoms with Crippen LogP contribution in [0.15, 0.2) is 60.9 Å². The van der Waals surface area contributed by atoms with E-state index in [0.717, 1.165) is 48.8 Å². The smallest absolute Gasteiger partial charge is 0.158 e. The molecule has 5 heterocycles. The molecule has 1 unspecified atom stereocenters. The highest BCUT2D eigenvalue weighted by atomic mass is 16.7. The van der Waals surface area contributed by atoms with Crippen molar-refractivity contribution >= 4 is 23.0 Å². The van der Waals surface area contributed by atoms with Crippen molar-refractivity contribution in [2.75, 3.05) is 81.4 Å². The number of ether oxygens (including phenoxy) is 1. The first-order valence-electron chi connectivity index (χ1n) is 17.9. The molecule has 3 aromatic rings. The van der Waals surface area contributed by atoms with Crippen LogP contribution in [0.3, 0.4) is 0 Å². The molecule has 0 spiro atoms. The molecule has 8 rings (SSSR count). The minimum atomic E-state index is 0.126. The molecule has 4 saturated heterocycles. The number of likely N-dealkylation sites (tertiary alicyclic amines) is 1. The Labute approximate surface area is 279 Å². The first-order chi connectivity index (χ1) is 23.2. The molecule has 10 heteroatoms. The number of nitrogens with zero attached hydrogens (tertiary/aromatic N) is 7. The third-order valence-electron chi connectivity index (χ3n) is 11.2. The van der Waals surface area contributed by atoms with E-state index in [0.29, 0.717) is 18.5 Å². The summed E-state index contributed by atoms with van der Waals surface area (Å²) < 4.78 is 5.87. The van der Waals surface area contributed by atoms with E-state index >= 15 is 0 Å². The Hall–Kier alpha value is -3.44. The maximum absolute atomic E-state index is 6.01. The van der Waals surface area contributed by atoms with Crippen molar-refractivity contribution in [2.45, 2.75) is 69.1 Å². The summed E-state index contributed by atoms with van der Waals surface area (Å²) >= 11 is 0. The highest BCUT2D eigenvalue weighted by Crippen LogP contribution is 2.37. The molecule has 2 aromatic carbocycles. The standard InChI is InChI=1S/C37H50N8O2/c1-46-35-25-32(9-10-33(35)40-36-26-37(39-27-38-36)45-34(15-24-47-45)28-5-3-2-4-6-28)42-18-13-30(14-19-42)41-16-11-31(12-17-41)44-22-20-43(21-23-44)29-7-8-29/h2-6,9-10,25-27,29-31,34H,7-8,11-24H2,1H3,(H,38,39,40). The number of hydrogen-bond acceptors (Lipinski definition) is 10. The molecule has 250 valence electrons. The van der Waals surface area contributed by atoms with Crippen LogP contribution in [0.25, 0.3) is 0 Å². The predicted octanol–water partition coefficient (Wildman–Crippen LogP) is 5.33. The fourth-order valence-electron chi connectivity index (χ4n) is 8.34. The zero-order chi connectivity index (χ0) is 31.6. The molecule has 0 radical (unpaired) electrons. The van der Waals surface area contributed by atoms with Crippen LogP contribution >= 0.6 is 0 Å². The first kappa shape index (κ1) is 30.9. The van der Waals surface area contributed by atoms with Gasteiger partial charge >= 0.3 is 0 Å². The molecule has 5 aliphatic rings. The Morgan fingerprint density at radius 1 is 0.702 bits per heavy atom. The molecule has 0 amide bonds. The molecule has 1 aliphatic carbocycles. The Kier molecular flexibility index (Phi) is 9.17. The second-order valence-electron chi connectivity index (χ2n) is 13.9. The molecular formula is C37H50N8O2. The topological polar surface area (TPSA) is 72.5 Å². The summed E-state index contributed by atoms with van der Waals surface area (Å²) in [7, 11) is 1.74. The van der Waals surface area contributed by atoms with Gasteiger partial charge in [-0.05, 0) is 69.3 Å². The fourth-order valence-corrected chi connectivity index (χ4v) is 8.34. The molecule has 5 fully saturated rings. The molecular weight excluding hydrogens is 588 g/mol. The van der Waals surface area contributed by atoms with Crippen LogP contribution in [-0.2, 0) is 4.84 Å². The summed E-state index contributed by atoms with van der Waals surface area (Å²) in [4.78, 5) is 25.9. The van der Waals surface area contributed by atoms with Crippen molar-refractivity contribution in [3.8, 4) is 5.75 Å². The van der Waals surface area contributed by atoms with Gasteiger partial charge in [0.1, 0.15) is 17.9 Å². The lowest BCUT2D eigenvalue weighted by molar-refractivity contribution is 0.0416. The number of anilines is 4.